The molecule has 2 aliphatic heterocycles. The van der Waals surface area contributed by atoms with Crippen LogP contribution in [0.1, 0.15) is 18.4 Å². The molecule has 3 rings (SSSR count). The summed E-state index contributed by atoms with van der Waals surface area (Å²) in [5.41, 5.74) is 1.34. The fourth-order valence-electron chi connectivity index (χ4n) is 3.32. The van der Waals surface area contributed by atoms with Gasteiger partial charge in [0.05, 0.1) is 12.5 Å². The van der Waals surface area contributed by atoms with Gasteiger partial charge < -0.3 is 15.5 Å². The van der Waals surface area contributed by atoms with Crippen LogP contribution in [-0.2, 0) is 20.8 Å². The van der Waals surface area contributed by atoms with Crippen molar-refractivity contribution in [3.63, 3.8) is 0 Å². The third-order valence-electron chi connectivity index (χ3n) is 4.39. The van der Waals surface area contributed by atoms with Crippen molar-refractivity contribution >= 4 is 17.8 Å². The second-order valence-corrected chi connectivity index (χ2v) is 5.92. The van der Waals surface area contributed by atoms with Crippen LogP contribution in [0.3, 0.4) is 0 Å². The van der Waals surface area contributed by atoms with E-state index in [-0.39, 0.29) is 37.1 Å². The number of aliphatic hydroxyl groups excluding tert-OH is 1. The van der Waals surface area contributed by atoms with E-state index in [0.29, 0.717) is 12.0 Å². The van der Waals surface area contributed by atoms with Gasteiger partial charge in [-0.3, -0.25) is 14.5 Å². The van der Waals surface area contributed by atoms with Gasteiger partial charge in [0.25, 0.3) is 5.91 Å². The molecule has 2 amide bonds. The highest BCUT2D eigenvalue weighted by Gasteiger charge is 2.55. The molecule has 24 heavy (non-hydrogen) atoms. The second kappa shape index (κ2) is 6.45. The van der Waals surface area contributed by atoms with Crippen molar-refractivity contribution in [1.29, 1.82) is 0 Å². The van der Waals surface area contributed by atoms with Crippen LogP contribution in [-0.4, -0.2) is 51.6 Å². The van der Waals surface area contributed by atoms with Crippen LogP contribution in [0.15, 0.2) is 41.6 Å². The molecule has 2 aliphatic rings. The van der Waals surface area contributed by atoms with E-state index in [1.54, 1.807) is 0 Å². The Morgan fingerprint density at radius 2 is 1.96 bits per heavy atom. The highest BCUT2D eigenvalue weighted by molar-refractivity contribution is 6.02. The van der Waals surface area contributed by atoms with E-state index in [1.165, 1.54) is 4.90 Å². The minimum Gasteiger partial charge on any atom is -0.477 e. The maximum Gasteiger partial charge on any atom is 0.352 e. The Morgan fingerprint density at radius 1 is 1.25 bits per heavy atom. The molecule has 126 valence electrons. The number of β-lactam (4-membered cyclic amide) rings is 1. The average molecular weight is 330 g/mol. The van der Waals surface area contributed by atoms with Crippen molar-refractivity contribution in [2.45, 2.75) is 31.3 Å². The Labute approximate surface area is 138 Å². The molecule has 0 aromatic heterocycles. The highest BCUT2D eigenvalue weighted by Crippen LogP contribution is 2.39. The number of hydrogen-bond donors (Lipinski definition) is 3. The molecule has 1 saturated heterocycles. The summed E-state index contributed by atoms with van der Waals surface area (Å²) in [6, 6.07) is 8.10. The smallest absolute Gasteiger partial charge is 0.352 e. The van der Waals surface area contributed by atoms with E-state index < -0.39 is 17.9 Å². The Balaban J connectivity index is 1.66. The van der Waals surface area contributed by atoms with E-state index in [4.69, 9.17) is 5.11 Å². The monoisotopic (exact) mass is 330 g/mol. The molecule has 7 heteroatoms. The van der Waals surface area contributed by atoms with Gasteiger partial charge in [0.15, 0.2) is 0 Å². The Kier molecular flexibility index (Phi) is 4.35. The van der Waals surface area contributed by atoms with Crippen LogP contribution < -0.4 is 5.32 Å². The molecule has 3 N–H and O–H groups in total. The van der Waals surface area contributed by atoms with Gasteiger partial charge in [0, 0.05) is 6.61 Å². The topological polar surface area (TPSA) is 107 Å². The molecule has 0 saturated carbocycles. The van der Waals surface area contributed by atoms with E-state index in [0.717, 1.165) is 5.56 Å². The number of carbonyl (C=O) groups is 3. The standard InChI is InChI=1S/C17H18N2O5/c20-7-6-11-9-12-14(16(22)19(12)15(11)17(23)24)18-13(21)8-10-4-2-1-3-5-10/h1-5,12,14,20H,6-9H2,(H,18,21)(H,23,24)/t12-,14+/m1/s1. The first-order valence-electron chi connectivity index (χ1n) is 7.75. The minimum absolute atomic E-state index is 0.0485. The maximum atomic E-state index is 12.2. The van der Waals surface area contributed by atoms with Crippen LogP contribution in [0.25, 0.3) is 0 Å². The van der Waals surface area contributed by atoms with Gasteiger partial charge in [-0.05, 0) is 24.0 Å². The first-order valence-corrected chi connectivity index (χ1v) is 7.75. The second-order valence-electron chi connectivity index (χ2n) is 5.92. The van der Waals surface area contributed by atoms with Crippen LogP contribution in [0.5, 0.6) is 0 Å². The zero-order valence-corrected chi connectivity index (χ0v) is 12.9. The van der Waals surface area contributed by atoms with Crippen molar-refractivity contribution in [1.82, 2.24) is 10.2 Å². The number of aliphatic hydroxyl groups is 1. The van der Waals surface area contributed by atoms with Crippen molar-refractivity contribution < 1.29 is 24.6 Å². The van der Waals surface area contributed by atoms with Crippen molar-refractivity contribution in [3.05, 3.63) is 47.2 Å². The number of amides is 2. The molecule has 2 heterocycles. The summed E-state index contributed by atoms with van der Waals surface area (Å²) in [6.45, 7) is -0.175. The van der Waals surface area contributed by atoms with Gasteiger partial charge in [-0.15, -0.1) is 0 Å². The summed E-state index contributed by atoms with van der Waals surface area (Å²) in [4.78, 5) is 37.0. The minimum atomic E-state index is -1.18. The molecule has 0 radical (unpaired) electrons. The fourth-order valence-corrected chi connectivity index (χ4v) is 3.32. The molecule has 0 spiro atoms. The number of hydrogen-bond acceptors (Lipinski definition) is 4. The summed E-state index contributed by atoms with van der Waals surface area (Å²) in [5.74, 6) is -1.86. The maximum absolute atomic E-state index is 12.2. The van der Waals surface area contributed by atoms with E-state index in [1.807, 2.05) is 30.3 Å². The summed E-state index contributed by atoms with van der Waals surface area (Å²) < 4.78 is 0. The molecule has 1 fully saturated rings. The molecular weight excluding hydrogens is 312 g/mol. The lowest BCUT2D eigenvalue weighted by molar-refractivity contribution is -0.152. The predicted octanol–water partition coefficient (Wildman–Crippen LogP) is 0.0495. The summed E-state index contributed by atoms with van der Waals surface area (Å²) in [5, 5.41) is 21.0. The first-order chi connectivity index (χ1) is 11.5. The lowest BCUT2D eigenvalue weighted by Gasteiger charge is -2.43. The van der Waals surface area contributed by atoms with E-state index >= 15 is 0 Å². The largest absolute Gasteiger partial charge is 0.477 e. The van der Waals surface area contributed by atoms with E-state index in [9.17, 15) is 19.5 Å². The third-order valence-corrected chi connectivity index (χ3v) is 4.39. The molecule has 0 bridgehead atoms. The Bertz CT molecular complexity index is 713. The third kappa shape index (κ3) is 2.78. The van der Waals surface area contributed by atoms with Crippen molar-refractivity contribution in [2.75, 3.05) is 6.61 Å². The van der Waals surface area contributed by atoms with Crippen LogP contribution >= 0.6 is 0 Å². The predicted molar refractivity (Wildman–Crippen MR) is 83.7 cm³/mol. The number of aliphatic carboxylic acids is 1. The van der Waals surface area contributed by atoms with Gasteiger partial charge in [-0.1, -0.05) is 30.3 Å². The van der Waals surface area contributed by atoms with Crippen LogP contribution in [0.2, 0.25) is 0 Å². The average Bonchev–Trinajstić information content (AvgIpc) is 2.89. The normalized spacial score (nSPS) is 22.2. The van der Waals surface area contributed by atoms with Crippen molar-refractivity contribution in [3.8, 4) is 0 Å². The molecular formula is C17H18N2O5. The fraction of sp³-hybridized carbons (Fsp3) is 0.353. The summed E-state index contributed by atoms with van der Waals surface area (Å²) in [6.07, 6.45) is 0.747. The van der Waals surface area contributed by atoms with Gasteiger partial charge in [-0.2, -0.15) is 0 Å². The number of benzene rings is 1. The number of nitrogens with one attached hydrogen (secondary N) is 1. The van der Waals surface area contributed by atoms with Crippen LogP contribution in [0, 0.1) is 0 Å². The van der Waals surface area contributed by atoms with Crippen molar-refractivity contribution in [2.24, 2.45) is 0 Å². The lowest BCUT2D eigenvalue weighted by atomic mass is 9.93. The number of carboxylic acid groups (broad SMARTS) is 1. The summed E-state index contributed by atoms with van der Waals surface area (Å²) >= 11 is 0. The van der Waals surface area contributed by atoms with E-state index in [2.05, 4.69) is 5.32 Å². The molecule has 0 unspecified atom stereocenters. The van der Waals surface area contributed by atoms with Gasteiger partial charge in [-0.25, -0.2) is 4.79 Å². The molecule has 1 aromatic rings. The summed E-state index contributed by atoms with van der Waals surface area (Å²) in [7, 11) is 0. The van der Waals surface area contributed by atoms with Gasteiger partial charge in [0.2, 0.25) is 5.91 Å². The molecule has 7 nitrogen and oxygen atoms in total. The van der Waals surface area contributed by atoms with Gasteiger partial charge >= 0.3 is 5.97 Å². The number of carboxylic acids is 1. The highest BCUT2D eigenvalue weighted by atomic mass is 16.4. The molecule has 0 aliphatic carbocycles. The molecule has 2 atom stereocenters. The van der Waals surface area contributed by atoms with Crippen LogP contribution in [0.4, 0.5) is 0 Å². The zero-order valence-electron chi connectivity index (χ0n) is 12.9. The van der Waals surface area contributed by atoms with Gasteiger partial charge in [0.1, 0.15) is 11.7 Å². The number of nitrogens with zero attached hydrogens (tertiary/aromatic N) is 1. The Hall–Kier alpha value is -2.67. The SMILES string of the molecule is O=C(Cc1ccccc1)N[C@@H]1C(=O)N2C(C(=O)O)=C(CCO)C[C@H]12. The molecule has 1 aromatic carbocycles. The number of carbonyl (C=O) groups excluding carboxylic acids is 2. The lowest BCUT2D eigenvalue weighted by Crippen LogP contribution is -2.68. The zero-order chi connectivity index (χ0) is 17.3. The Morgan fingerprint density at radius 3 is 2.58 bits per heavy atom. The number of fused-ring (bicyclic) bond motifs is 1. The quantitative estimate of drug-likeness (QED) is 0.639. The number of rotatable bonds is 6. The first kappa shape index (κ1) is 16.2.